The van der Waals surface area contributed by atoms with Crippen LogP contribution < -0.4 is 10.6 Å². The first kappa shape index (κ1) is 20.8. The van der Waals surface area contributed by atoms with Gasteiger partial charge in [-0.3, -0.25) is 24.5 Å². The van der Waals surface area contributed by atoms with E-state index in [-0.39, 0.29) is 11.3 Å². The number of nitrogens with zero attached hydrogens (tertiary/aromatic N) is 1. The summed E-state index contributed by atoms with van der Waals surface area (Å²) in [6.45, 7) is 0.778. The number of benzene rings is 2. The van der Waals surface area contributed by atoms with Gasteiger partial charge >= 0.3 is 5.97 Å². The first-order chi connectivity index (χ1) is 13.3. The molecule has 146 valence electrons. The van der Waals surface area contributed by atoms with Crippen LogP contribution in [-0.4, -0.2) is 35.9 Å². The smallest absolute Gasteiger partial charge is 0.325 e. The van der Waals surface area contributed by atoms with E-state index in [0.29, 0.717) is 10.7 Å². The summed E-state index contributed by atoms with van der Waals surface area (Å²) in [6, 6.07) is 10.00. The standard InChI is InChI=1S/C18H16ClN3O6/c1-11-5-6-13(8-15(11)19)21-16(23)10-28-17(24)9-20-18(25)12-3-2-4-14(7-12)22(26)27/h2-8H,9-10H2,1H3,(H,20,25)(H,21,23). The number of anilines is 1. The van der Waals surface area contributed by atoms with Gasteiger partial charge in [0.15, 0.2) is 6.61 Å². The molecule has 0 spiro atoms. The first-order valence-electron chi connectivity index (χ1n) is 8.00. The molecule has 0 atom stereocenters. The molecule has 0 saturated heterocycles. The second-order valence-corrected chi connectivity index (χ2v) is 6.07. The van der Waals surface area contributed by atoms with Crippen molar-refractivity contribution in [1.29, 1.82) is 0 Å². The second kappa shape index (κ2) is 9.47. The van der Waals surface area contributed by atoms with Gasteiger partial charge in [0, 0.05) is 28.4 Å². The van der Waals surface area contributed by atoms with Crippen LogP contribution in [-0.2, 0) is 14.3 Å². The fourth-order valence-electron chi connectivity index (χ4n) is 2.08. The zero-order chi connectivity index (χ0) is 20.7. The number of halogens is 1. The molecule has 28 heavy (non-hydrogen) atoms. The second-order valence-electron chi connectivity index (χ2n) is 5.66. The number of rotatable bonds is 7. The molecule has 0 aromatic heterocycles. The fraction of sp³-hybridized carbons (Fsp3) is 0.167. The molecule has 0 aliphatic carbocycles. The molecule has 0 saturated carbocycles. The molecule has 2 aromatic carbocycles. The van der Waals surface area contributed by atoms with Crippen molar-refractivity contribution in [2.24, 2.45) is 0 Å². The van der Waals surface area contributed by atoms with E-state index in [1.165, 1.54) is 18.2 Å². The molecule has 0 radical (unpaired) electrons. The van der Waals surface area contributed by atoms with Crippen molar-refractivity contribution in [3.05, 3.63) is 68.7 Å². The predicted octanol–water partition coefficient (Wildman–Crippen LogP) is 2.47. The monoisotopic (exact) mass is 405 g/mol. The largest absolute Gasteiger partial charge is 0.454 e. The van der Waals surface area contributed by atoms with Crippen molar-refractivity contribution >= 4 is 40.8 Å². The summed E-state index contributed by atoms with van der Waals surface area (Å²) in [7, 11) is 0. The predicted molar refractivity (Wildman–Crippen MR) is 101 cm³/mol. The summed E-state index contributed by atoms with van der Waals surface area (Å²) in [5.74, 6) is -2.09. The molecule has 0 fully saturated rings. The van der Waals surface area contributed by atoms with Gasteiger partial charge in [0.1, 0.15) is 6.54 Å². The Labute approximate surface area is 164 Å². The molecule has 2 rings (SSSR count). The third-order valence-corrected chi connectivity index (χ3v) is 3.94. The lowest BCUT2D eigenvalue weighted by Gasteiger charge is -2.08. The lowest BCUT2D eigenvalue weighted by molar-refractivity contribution is -0.384. The number of amides is 2. The van der Waals surface area contributed by atoms with Gasteiger partial charge in [0.2, 0.25) is 0 Å². The van der Waals surface area contributed by atoms with Crippen molar-refractivity contribution in [3.8, 4) is 0 Å². The van der Waals surface area contributed by atoms with Crippen LogP contribution in [0.2, 0.25) is 5.02 Å². The molecule has 0 aliphatic heterocycles. The van der Waals surface area contributed by atoms with Crippen LogP contribution in [0.3, 0.4) is 0 Å². The van der Waals surface area contributed by atoms with E-state index in [9.17, 15) is 24.5 Å². The summed E-state index contributed by atoms with van der Waals surface area (Å²) >= 11 is 5.96. The number of carbonyl (C=O) groups excluding carboxylic acids is 3. The number of nitro benzene ring substituents is 1. The average molecular weight is 406 g/mol. The highest BCUT2D eigenvalue weighted by Gasteiger charge is 2.14. The lowest BCUT2D eigenvalue weighted by Crippen LogP contribution is -2.32. The Morgan fingerprint density at radius 3 is 2.61 bits per heavy atom. The van der Waals surface area contributed by atoms with E-state index < -0.39 is 35.9 Å². The molecule has 2 amide bonds. The SMILES string of the molecule is Cc1ccc(NC(=O)COC(=O)CNC(=O)c2cccc([N+](=O)[O-])c2)cc1Cl. The Morgan fingerprint density at radius 2 is 1.93 bits per heavy atom. The quantitative estimate of drug-likeness (QED) is 0.413. The van der Waals surface area contributed by atoms with Gasteiger partial charge in [0.05, 0.1) is 4.92 Å². The van der Waals surface area contributed by atoms with Crippen LogP contribution in [0.25, 0.3) is 0 Å². The van der Waals surface area contributed by atoms with Crippen molar-refractivity contribution < 1.29 is 24.0 Å². The molecule has 9 nitrogen and oxygen atoms in total. The van der Waals surface area contributed by atoms with Crippen LogP contribution in [0, 0.1) is 17.0 Å². The van der Waals surface area contributed by atoms with Gasteiger partial charge in [-0.25, -0.2) is 0 Å². The van der Waals surface area contributed by atoms with Crippen molar-refractivity contribution in [2.75, 3.05) is 18.5 Å². The number of esters is 1. The van der Waals surface area contributed by atoms with Crippen molar-refractivity contribution in [2.45, 2.75) is 6.92 Å². The summed E-state index contributed by atoms with van der Waals surface area (Å²) in [4.78, 5) is 45.5. The van der Waals surface area contributed by atoms with Crippen LogP contribution in [0.5, 0.6) is 0 Å². The van der Waals surface area contributed by atoms with Crippen molar-refractivity contribution in [1.82, 2.24) is 5.32 Å². The highest BCUT2D eigenvalue weighted by molar-refractivity contribution is 6.31. The molecule has 2 N–H and O–H groups in total. The number of hydrogen-bond donors (Lipinski definition) is 2. The Morgan fingerprint density at radius 1 is 1.18 bits per heavy atom. The zero-order valence-electron chi connectivity index (χ0n) is 14.7. The summed E-state index contributed by atoms with van der Waals surface area (Å²) in [5, 5.41) is 16.0. The number of carbonyl (C=O) groups is 3. The number of nitro groups is 1. The molecular weight excluding hydrogens is 390 g/mol. The summed E-state index contributed by atoms with van der Waals surface area (Å²) in [6.07, 6.45) is 0. The highest BCUT2D eigenvalue weighted by atomic mass is 35.5. The van der Waals surface area contributed by atoms with Gasteiger partial charge < -0.3 is 15.4 Å². The maximum Gasteiger partial charge on any atom is 0.325 e. The van der Waals surface area contributed by atoms with Crippen molar-refractivity contribution in [3.63, 3.8) is 0 Å². The Bertz CT molecular complexity index is 931. The van der Waals surface area contributed by atoms with Crippen LogP contribution in [0.15, 0.2) is 42.5 Å². The maximum absolute atomic E-state index is 11.9. The van der Waals surface area contributed by atoms with E-state index in [1.807, 2.05) is 6.92 Å². The summed E-state index contributed by atoms with van der Waals surface area (Å²) in [5.41, 5.74) is 1.08. The normalized spacial score (nSPS) is 10.1. The minimum atomic E-state index is -0.837. The third kappa shape index (κ3) is 6.06. The van der Waals surface area contributed by atoms with Crippen LogP contribution in [0.1, 0.15) is 15.9 Å². The maximum atomic E-state index is 11.9. The van der Waals surface area contributed by atoms with Gasteiger partial charge in [-0.15, -0.1) is 0 Å². The van der Waals surface area contributed by atoms with E-state index in [2.05, 4.69) is 10.6 Å². The Balaban J connectivity index is 1.78. The van der Waals surface area contributed by atoms with Crippen LogP contribution >= 0.6 is 11.6 Å². The Hall–Kier alpha value is -3.46. The zero-order valence-corrected chi connectivity index (χ0v) is 15.5. The van der Waals surface area contributed by atoms with Crippen LogP contribution in [0.4, 0.5) is 11.4 Å². The minimum absolute atomic E-state index is 0.0241. The topological polar surface area (TPSA) is 128 Å². The molecular formula is C18H16ClN3O6. The molecule has 0 bridgehead atoms. The minimum Gasteiger partial charge on any atom is -0.454 e. The Kier molecular flexibility index (Phi) is 7.05. The molecule has 0 heterocycles. The fourth-order valence-corrected chi connectivity index (χ4v) is 2.26. The number of hydrogen-bond acceptors (Lipinski definition) is 6. The number of non-ortho nitro benzene ring substituents is 1. The van der Waals surface area contributed by atoms with E-state index in [1.54, 1.807) is 18.2 Å². The molecule has 2 aromatic rings. The number of aryl methyl sites for hydroxylation is 1. The number of ether oxygens (including phenoxy) is 1. The van der Waals surface area contributed by atoms with Gasteiger partial charge in [-0.1, -0.05) is 23.7 Å². The lowest BCUT2D eigenvalue weighted by atomic mass is 10.2. The average Bonchev–Trinajstić information content (AvgIpc) is 2.67. The molecule has 0 aliphatic rings. The summed E-state index contributed by atoms with van der Waals surface area (Å²) < 4.78 is 4.77. The van der Waals surface area contributed by atoms with Gasteiger partial charge in [0.25, 0.3) is 17.5 Å². The van der Waals surface area contributed by atoms with Gasteiger partial charge in [-0.05, 0) is 30.7 Å². The molecule has 0 unspecified atom stereocenters. The number of nitrogens with one attached hydrogen (secondary N) is 2. The van der Waals surface area contributed by atoms with E-state index >= 15 is 0 Å². The molecule has 10 heteroatoms. The first-order valence-corrected chi connectivity index (χ1v) is 8.38. The third-order valence-electron chi connectivity index (χ3n) is 3.53. The van der Waals surface area contributed by atoms with E-state index in [4.69, 9.17) is 16.3 Å². The van der Waals surface area contributed by atoms with Gasteiger partial charge in [-0.2, -0.15) is 0 Å². The van der Waals surface area contributed by atoms with E-state index in [0.717, 1.165) is 11.6 Å². The highest BCUT2D eigenvalue weighted by Crippen LogP contribution is 2.19.